The van der Waals surface area contributed by atoms with Gasteiger partial charge in [0, 0.05) is 44.5 Å². The van der Waals surface area contributed by atoms with E-state index in [1.165, 1.54) is 64.5 Å². The zero-order valence-electron chi connectivity index (χ0n) is 21.3. The van der Waals surface area contributed by atoms with E-state index in [4.69, 9.17) is 4.74 Å². The first-order chi connectivity index (χ1) is 18.3. The highest BCUT2D eigenvalue weighted by Gasteiger charge is 2.35. The molecule has 13 heteroatoms. The minimum absolute atomic E-state index is 0.00116. The predicted octanol–water partition coefficient (Wildman–Crippen LogP) is 5.87. The van der Waals surface area contributed by atoms with Crippen LogP contribution >= 0.6 is 11.9 Å². The number of aromatic nitrogens is 3. The number of hydrogen-bond acceptors (Lipinski definition) is 8. The molecule has 2 saturated heterocycles. The van der Waals surface area contributed by atoms with Crippen molar-refractivity contribution in [3.63, 3.8) is 0 Å². The standard InChI is InChI=1S/C25H31F4N7OS/c1-30-22-21-16(25(27,28)29)14-31-23(21)34-24(33-22)32-18-12-17(26)20(13-19(18)37-2)38-36-10-6-15(7-11-36)35-8-4-3-5-9-35/h12-15H,3-11H2,1-2H3,(H3,30,31,32,33,34). The van der Waals surface area contributed by atoms with Crippen molar-refractivity contribution in [1.29, 1.82) is 0 Å². The number of nitrogens with one attached hydrogen (secondary N) is 3. The van der Waals surface area contributed by atoms with Crippen LogP contribution in [0.4, 0.5) is 35.0 Å². The van der Waals surface area contributed by atoms with Gasteiger partial charge >= 0.3 is 6.18 Å². The topological polar surface area (TPSA) is 81.3 Å². The number of aromatic amines is 1. The Morgan fingerprint density at radius 2 is 1.82 bits per heavy atom. The Morgan fingerprint density at radius 1 is 1.08 bits per heavy atom. The molecular weight excluding hydrogens is 522 g/mol. The second kappa shape index (κ2) is 11.1. The molecule has 0 atom stereocenters. The Labute approximate surface area is 222 Å². The summed E-state index contributed by atoms with van der Waals surface area (Å²) in [4.78, 5) is 13.9. The third-order valence-corrected chi connectivity index (χ3v) is 8.27. The number of halogens is 4. The monoisotopic (exact) mass is 553 g/mol. The molecule has 0 radical (unpaired) electrons. The molecule has 4 heterocycles. The number of piperidine rings is 2. The number of rotatable bonds is 7. The SMILES string of the molecule is CNc1nc(Nc2cc(F)c(SN3CCC(N4CCCCC4)CC3)cc2OC)nc2[nH]cc(C(F)(F)F)c12. The highest BCUT2D eigenvalue weighted by atomic mass is 32.2. The van der Waals surface area contributed by atoms with Crippen LogP contribution in [0.1, 0.15) is 37.7 Å². The fourth-order valence-electron chi connectivity index (χ4n) is 5.21. The molecule has 3 aromatic rings. The highest BCUT2D eigenvalue weighted by molar-refractivity contribution is 7.97. The first kappa shape index (κ1) is 26.8. The summed E-state index contributed by atoms with van der Waals surface area (Å²) in [6.45, 7) is 4.12. The van der Waals surface area contributed by atoms with E-state index in [2.05, 4.69) is 34.8 Å². The lowest BCUT2D eigenvalue weighted by atomic mass is 10.0. The number of ether oxygens (including phenoxy) is 1. The molecule has 0 bridgehead atoms. The van der Waals surface area contributed by atoms with E-state index in [-0.39, 0.29) is 28.5 Å². The fourth-order valence-corrected chi connectivity index (χ4v) is 6.18. The molecule has 8 nitrogen and oxygen atoms in total. The van der Waals surface area contributed by atoms with Crippen molar-refractivity contribution in [3.05, 3.63) is 29.7 Å². The molecule has 2 fully saturated rings. The molecule has 0 unspecified atom stereocenters. The van der Waals surface area contributed by atoms with E-state index in [9.17, 15) is 13.2 Å². The van der Waals surface area contributed by atoms with Gasteiger partial charge < -0.3 is 25.3 Å². The number of nitrogens with zero attached hydrogens (tertiary/aromatic N) is 4. The van der Waals surface area contributed by atoms with Crippen molar-refractivity contribution < 1.29 is 22.3 Å². The number of benzene rings is 1. The predicted molar refractivity (Wildman–Crippen MR) is 141 cm³/mol. The summed E-state index contributed by atoms with van der Waals surface area (Å²) < 4.78 is 63.0. The van der Waals surface area contributed by atoms with Crippen molar-refractivity contribution in [2.75, 3.05) is 51.0 Å². The number of likely N-dealkylation sites (tertiary alicyclic amines) is 1. The summed E-state index contributed by atoms with van der Waals surface area (Å²) in [7, 11) is 2.95. The van der Waals surface area contributed by atoms with Crippen molar-refractivity contribution >= 4 is 40.4 Å². The van der Waals surface area contributed by atoms with Crippen LogP contribution in [0.5, 0.6) is 5.75 Å². The van der Waals surface area contributed by atoms with Crippen molar-refractivity contribution in [2.45, 2.75) is 49.2 Å². The number of fused-ring (bicyclic) bond motifs is 1. The van der Waals surface area contributed by atoms with Crippen molar-refractivity contribution in [3.8, 4) is 5.75 Å². The Morgan fingerprint density at radius 3 is 2.47 bits per heavy atom. The summed E-state index contributed by atoms with van der Waals surface area (Å²) in [5, 5.41) is 5.41. The normalized spacial score (nSPS) is 18.2. The second-order valence-electron chi connectivity index (χ2n) is 9.53. The molecule has 2 aromatic heterocycles. The fraction of sp³-hybridized carbons (Fsp3) is 0.520. The maximum absolute atomic E-state index is 15.2. The van der Waals surface area contributed by atoms with Gasteiger partial charge in [-0.25, -0.2) is 8.70 Å². The van der Waals surface area contributed by atoms with Crippen LogP contribution < -0.4 is 15.4 Å². The van der Waals surface area contributed by atoms with E-state index < -0.39 is 17.6 Å². The molecule has 1 aromatic carbocycles. The molecule has 2 aliphatic rings. The maximum Gasteiger partial charge on any atom is 0.418 e. The summed E-state index contributed by atoms with van der Waals surface area (Å²) in [5.74, 6) is -0.0826. The molecule has 0 amide bonds. The van der Waals surface area contributed by atoms with Gasteiger partial charge in [-0.1, -0.05) is 6.42 Å². The van der Waals surface area contributed by atoms with Crippen LogP contribution in [0.3, 0.4) is 0 Å². The van der Waals surface area contributed by atoms with Crippen LogP contribution in [0, 0.1) is 5.82 Å². The van der Waals surface area contributed by atoms with E-state index in [0.29, 0.717) is 16.7 Å². The van der Waals surface area contributed by atoms with Crippen LogP contribution in [0.2, 0.25) is 0 Å². The van der Waals surface area contributed by atoms with E-state index in [0.717, 1.165) is 32.1 Å². The van der Waals surface area contributed by atoms with Gasteiger partial charge in [0.2, 0.25) is 5.95 Å². The Kier molecular flexibility index (Phi) is 7.87. The average Bonchev–Trinajstić information content (AvgIpc) is 3.35. The summed E-state index contributed by atoms with van der Waals surface area (Å²) in [6.07, 6.45) is 2.28. The van der Waals surface area contributed by atoms with Crippen molar-refractivity contribution in [1.82, 2.24) is 24.2 Å². The Bertz CT molecular complexity index is 1270. The van der Waals surface area contributed by atoms with Crippen LogP contribution in [-0.4, -0.2) is 70.5 Å². The van der Waals surface area contributed by atoms with Gasteiger partial charge in [0.1, 0.15) is 23.0 Å². The molecule has 5 rings (SSSR count). The lowest BCUT2D eigenvalue weighted by Gasteiger charge is -2.39. The van der Waals surface area contributed by atoms with Gasteiger partial charge in [-0.2, -0.15) is 23.1 Å². The first-order valence-electron chi connectivity index (χ1n) is 12.7. The van der Waals surface area contributed by atoms with Gasteiger partial charge in [-0.3, -0.25) is 0 Å². The Hall–Kier alpha value is -2.77. The molecule has 2 aliphatic heterocycles. The number of alkyl halides is 3. The lowest BCUT2D eigenvalue weighted by molar-refractivity contribution is -0.136. The summed E-state index contributed by atoms with van der Waals surface area (Å²) in [6, 6.07) is 3.52. The van der Waals surface area contributed by atoms with Crippen molar-refractivity contribution in [2.24, 2.45) is 0 Å². The van der Waals surface area contributed by atoms with Gasteiger partial charge in [0.25, 0.3) is 0 Å². The van der Waals surface area contributed by atoms with Gasteiger partial charge in [0.05, 0.1) is 28.6 Å². The number of anilines is 3. The minimum Gasteiger partial charge on any atom is -0.495 e. The third kappa shape index (κ3) is 5.64. The van der Waals surface area contributed by atoms with Crippen LogP contribution in [0.25, 0.3) is 11.0 Å². The maximum atomic E-state index is 15.2. The number of methoxy groups -OCH3 is 1. The molecule has 0 aliphatic carbocycles. The van der Waals surface area contributed by atoms with Crippen LogP contribution in [-0.2, 0) is 6.18 Å². The van der Waals surface area contributed by atoms with E-state index in [1.807, 2.05) is 0 Å². The van der Waals surface area contributed by atoms with E-state index in [1.54, 1.807) is 6.07 Å². The summed E-state index contributed by atoms with van der Waals surface area (Å²) in [5.41, 5.74) is -0.603. The van der Waals surface area contributed by atoms with Gasteiger partial charge in [-0.05, 0) is 50.7 Å². The third-order valence-electron chi connectivity index (χ3n) is 7.13. The highest BCUT2D eigenvalue weighted by Crippen LogP contribution is 2.39. The molecule has 38 heavy (non-hydrogen) atoms. The quantitative estimate of drug-likeness (QED) is 0.248. The molecule has 0 spiro atoms. The zero-order valence-corrected chi connectivity index (χ0v) is 22.1. The average molecular weight is 554 g/mol. The van der Waals surface area contributed by atoms with Crippen LogP contribution in [0.15, 0.2) is 23.2 Å². The van der Waals surface area contributed by atoms with Gasteiger partial charge in [0.15, 0.2) is 0 Å². The molecule has 206 valence electrons. The number of H-pyrrole nitrogens is 1. The number of hydrogen-bond donors (Lipinski definition) is 3. The smallest absolute Gasteiger partial charge is 0.418 e. The first-order valence-corrected chi connectivity index (χ1v) is 13.5. The van der Waals surface area contributed by atoms with E-state index >= 15 is 4.39 Å². The molecular formula is C25H31F4N7OS. The molecule has 0 saturated carbocycles. The Balaban J connectivity index is 1.31. The second-order valence-corrected chi connectivity index (χ2v) is 10.7. The lowest BCUT2D eigenvalue weighted by Crippen LogP contribution is -2.45. The van der Waals surface area contributed by atoms with Gasteiger partial charge in [-0.15, -0.1) is 0 Å². The zero-order chi connectivity index (χ0) is 26.9. The largest absolute Gasteiger partial charge is 0.495 e. The summed E-state index contributed by atoms with van der Waals surface area (Å²) >= 11 is 1.38. The minimum atomic E-state index is -4.56. The molecule has 3 N–H and O–H groups in total.